The van der Waals surface area contributed by atoms with Crippen LogP contribution in [0.5, 0.6) is 5.75 Å². The number of rotatable bonds is 6. The van der Waals surface area contributed by atoms with E-state index in [1.54, 1.807) is 0 Å². The van der Waals surface area contributed by atoms with Gasteiger partial charge in [0.2, 0.25) is 5.91 Å². The first-order chi connectivity index (χ1) is 14.1. The van der Waals surface area contributed by atoms with Gasteiger partial charge in [0, 0.05) is 38.3 Å². The largest absolute Gasteiger partial charge is 0.490 e. The Bertz CT molecular complexity index is 911. The first-order valence-corrected chi connectivity index (χ1v) is 10.3. The Morgan fingerprint density at radius 2 is 2.07 bits per heavy atom. The number of piperazine rings is 1. The van der Waals surface area contributed by atoms with Gasteiger partial charge in [0.25, 0.3) is 0 Å². The van der Waals surface area contributed by atoms with E-state index >= 15 is 0 Å². The van der Waals surface area contributed by atoms with E-state index in [0.717, 1.165) is 37.4 Å². The Morgan fingerprint density at radius 1 is 1.21 bits per heavy atom. The third-order valence-corrected chi connectivity index (χ3v) is 5.64. The van der Waals surface area contributed by atoms with Crippen molar-refractivity contribution in [1.29, 1.82) is 0 Å². The molecule has 6 nitrogen and oxygen atoms in total. The van der Waals surface area contributed by atoms with Crippen molar-refractivity contribution in [3.05, 3.63) is 48.0 Å². The first kappa shape index (κ1) is 19.9. The normalized spacial score (nSPS) is 19.7. The second kappa shape index (κ2) is 8.95. The second-order valence-corrected chi connectivity index (χ2v) is 7.95. The molecule has 4 rings (SSSR count). The minimum Gasteiger partial charge on any atom is -0.490 e. The van der Waals surface area contributed by atoms with Crippen LogP contribution in [-0.4, -0.2) is 79.8 Å². The molecule has 0 aromatic heterocycles. The molecule has 2 aliphatic rings. The van der Waals surface area contributed by atoms with Gasteiger partial charge >= 0.3 is 0 Å². The van der Waals surface area contributed by atoms with Gasteiger partial charge in [-0.1, -0.05) is 36.4 Å². The van der Waals surface area contributed by atoms with Gasteiger partial charge < -0.3 is 20.1 Å². The van der Waals surface area contributed by atoms with Gasteiger partial charge in [-0.2, -0.15) is 0 Å². The number of nitrogens with zero attached hydrogens (tertiary/aromatic N) is 2. The Hall–Kier alpha value is -2.41. The van der Waals surface area contributed by atoms with Crippen molar-refractivity contribution in [3.63, 3.8) is 0 Å². The van der Waals surface area contributed by atoms with Gasteiger partial charge in [-0.05, 0) is 35.9 Å². The molecule has 154 valence electrons. The number of amides is 1. The molecule has 0 bridgehead atoms. The van der Waals surface area contributed by atoms with Crippen molar-refractivity contribution in [2.45, 2.75) is 12.5 Å². The van der Waals surface area contributed by atoms with E-state index in [4.69, 9.17) is 4.74 Å². The van der Waals surface area contributed by atoms with E-state index in [0.29, 0.717) is 19.6 Å². The zero-order chi connectivity index (χ0) is 20.2. The average molecular weight is 396 g/mol. The number of nitrogens with one attached hydrogen (secondary N) is 1. The number of hydrogen-bond donors (Lipinski definition) is 2. The van der Waals surface area contributed by atoms with Crippen LogP contribution in [0.1, 0.15) is 12.0 Å². The lowest BCUT2D eigenvalue weighted by Crippen LogP contribution is -2.50. The molecular weight excluding hydrogens is 366 g/mol. The lowest BCUT2D eigenvalue weighted by molar-refractivity contribution is -0.124. The first-order valence-electron chi connectivity index (χ1n) is 10.3. The van der Waals surface area contributed by atoms with Crippen LogP contribution in [0, 0.1) is 0 Å². The maximum Gasteiger partial charge on any atom is 0.234 e. The van der Waals surface area contributed by atoms with Crippen LogP contribution >= 0.6 is 0 Å². The quantitative estimate of drug-likeness (QED) is 0.780. The fraction of sp³-hybridized carbons (Fsp3) is 0.435. The average Bonchev–Trinajstić information content (AvgIpc) is 2.72. The molecule has 1 atom stereocenters. The molecule has 2 heterocycles. The highest BCUT2D eigenvalue weighted by atomic mass is 16.5. The number of aliphatic hydroxyl groups is 1. The van der Waals surface area contributed by atoms with Crippen molar-refractivity contribution in [1.82, 2.24) is 15.1 Å². The molecule has 0 aliphatic carbocycles. The molecule has 2 aromatic carbocycles. The molecule has 1 amide bonds. The molecule has 1 fully saturated rings. The van der Waals surface area contributed by atoms with Crippen LogP contribution in [-0.2, 0) is 4.79 Å². The van der Waals surface area contributed by atoms with E-state index in [-0.39, 0.29) is 12.5 Å². The molecule has 0 spiro atoms. The number of likely N-dealkylation sites (N-methyl/N-ethyl adjacent to an activating group) is 1. The zero-order valence-corrected chi connectivity index (χ0v) is 16.9. The van der Waals surface area contributed by atoms with Crippen LogP contribution in [0.25, 0.3) is 16.3 Å². The van der Waals surface area contributed by atoms with Crippen molar-refractivity contribution < 1.29 is 14.6 Å². The summed E-state index contributed by atoms with van der Waals surface area (Å²) in [5.41, 5.74) is 2.44. The number of carbonyl (C=O) groups excluding carboxylic acids is 1. The third kappa shape index (κ3) is 4.78. The van der Waals surface area contributed by atoms with E-state index in [2.05, 4.69) is 47.6 Å². The van der Waals surface area contributed by atoms with Crippen molar-refractivity contribution in [2.24, 2.45) is 0 Å². The van der Waals surface area contributed by atoms with E-state index in [9.17, 15) is 9.90 Å². The standard InChI is InChI=1S/C23H29N3O3/c1-25-11-8-18(9-12-25)23-20-5-3-2-4-17(20)6-7-21(23)29-16-19(27)14-26-13-10-24-22(28)15-26/h2-8,19,27H,9-16H2,1H3,(H,24,28). The molecule has 1 saturated heterocycles. The third-order valence-electron chi connectivity index (χ3n) is 5.64. The SMILES string of the molecule is CN1CC=C(c2c(OCC(O)CN3CCNC(=O)C3)ccc3ccccc23)CC1. The van der Waals surface area contributed by atoms with Crippen LogP contribution in [0.15, 0.2) is 42.5 Å². The van der Waals surface area contributed by atoms with Crippen LogP contribution in [0.2, 0.25) is 0 Å². The summed E-state index contributed by atoms with van der Waals surface area (Å²) in [6.07, 6.45) is 2.61. The topological polar surface area (TPSA) is 65.0 Å². The van der Waals surface area contributed by atoms with Gasteiger partial charge in [-0.15, -0.1) is 0 Å². The van der Waals surface area contributed by atoms with Gasteiger partial charge in [-0.3, -0.25) is 9.69 Å². The highest BCUT2D eigenvalue weighted by Gasteiger charge is 2.21. The molecule has 6 heteroatoms. The van der Waals surface area contributed by atoms with Gasteiger partial charge in [0.05, 0.1) is 6.54 Å². The predicted octanol–water partition coefficient (Wildman–Crippen LogP) is 1.73. The summed E-state index contributed by atoms with van der Waals surface area (Å²) in [6.45, 7) is 4.30. The Kier molecular flexibility index (Phi) is 6.13. The molecule has 2 N–H and O–H groups in total. The fourth-order valence-electron chi connectivity index (χ4n) is 4.08. The number of ether oxygens (including phenoxy) is 1. The molecular formula is C23H29N3O3. The number of β-amino-alcohol motifs (C(OH)–C–C–N with tert-alkyl or cyclic N) is 1. The van der Waals surface area contributed by atoms with Crippen molar-refractivity contribution in [2.75, 3.05) is 52.9 Å². The second-order valence-electron chi connectivity index (χ2n) is 7.95. The van der Waals surface area contributed by atoms with E-state index < -0.39 is 6.10 Å². The fourth-order valence-corrected chi connectivity index (χ4v) is 4.08. The number of fused-ring (bicyclic) bond motifs is 1. The number of aliphatic hydroxyl groups excluding tert-OH is 1. The molecule has 1 unspecified atom stereocenters. The highest BCUT2D eigenvalue weighted by molar-refractivity contribution is 5.96. The van der Waals surface area contributed by atoms with Gasteiger partial charge in [0.15, 0.2) is 0 Å². The minimum atomic E-state index is -0.647. The predicted molar refractivity (Wildman–Crippen MR) is 115 cm³/mol. The molecule has 0 radical (unpaired) electrons. The zero-order valence-electron chi connectivity index (χ0n) is 16.9. The van der Waals surface area contributed by atoms with Crippen molar-refractivity contribution in [3.8, 4) is 5.75 Å². The lowest BCUT2D eigenvalue weighted by Gasteiger charge is -2.28. The Balaban J connectivity index is 1.52. The summed E-state index contributed by atoms with van der Waals surface area (Å²) in [5.74, 6) is 0.824. The molecule has 29 heavy (non-hydrogen) atoms. The van der Waals surface area contributed by atoms with E-state index in [1.807, 2.05) is 17.0 Å². The summed E-state index contributed by atoms with van der Waals surface area (Å²) < 4.78 is 6.12. The van der Waals surface area contributed by atoms with Crippen LogP contribution in [0.3, 0.4) is 0 Å². The van der Waals surface area contributed by atoms with Crippen LogP contribution < -0.4 is 10.1 Å². The Labute approximate surface area is 171 Å². The minimum absolute atomic E-state index is 0.00962. The van der Waals surface area contributed by atoms with Gasteiger partial charge in [0.1, 0.15) is 18.5 Å². The summed E-state index contributed by atoms with van der Waals surface area (Å²) in [4.78, 5) is 15.8. The number of benzene rings is 2. The van der Waals surface area contributed by atoms with E-state index in [1.165, 1.54) is 16.3 Å². The summed E-state index contributed by atoms with van der Waals surface area (Å²) in [7, 11) is 2.13. The smallest absolute Gasteiger partial charge is 0.234 e. The Morgan fingerprint density at radius 3 is 2.86 bits per heavy atom. The lowest BCUT2D eigenvalue weighted by atomic mass is 9.93. The molecule has 0 saturated carbocycles. The summed E-state index contributed by atoms with van der Waals surface area (Å²) in [5, 5.41) is 15.7. The van der Waals surface area contributed by atoms with Crippen molar-refractivity contribution >= 4 is 22.3 Å². The van der Waals surface area contributed by atoms with Gasteiger partial charge in [-0.25, -0.2) is 0 Å². The monoisotopic (exact) mass is 395 g/mol. The highest BCUT2D eigenvalue weighted by Crippen LogP contribution is 2.36. The maximum absolute atomic E-state index is 11.5. The number of carbonyl (C=O) groups is 1. The summed E-state index contributed by atoms with van der Waals surface area (Å²) in [6, 6.07) is 12.5. The van der Waals surface area contributed by atoms with Crippen LogP contribution in [0.4, 0.5) is 0 Å². The number of hydrogen-bond acceptors (Lipinski definition) is 5. The molecule has 2 aromatic rings. The summed E-state index contributed by atoms with van der Waals surface area (Å²) >= 11 is 0. The molecule has 2 aliphatic heterocycles. The maximum atomic E-state index is 11.5.